The van der Waals surface area contributed by atoms with E-state index in [1.807, 2.05) is 0 Å². The summed E-state index contributed by atoms with van der Waals surface area (Å²) in [6, 6.07) is 5.90. The molecule has 0 aliphatic heterocycles. The van der Waals surface area contributed by atoms with E-state index in [-0.39, 0.29) is 5.56 Å². The molecule has 0 saturated heterocycles. The molecule has 0 aromatic heterocycles. The van der Waals surface area contributed by atoms with Gasteiger partial charge < -0.3 is 0 Å². The summed E-state index contributed by atoms with van der Waals surface area (Å²) in [5.74, 6) is -0.880. The van der Waals surface area contributed by atoms with Gasteiger partial charge in [-0.1, -0.05) is 23.7 Å². The fourth-order valence-electron chi connectivity index (χ4n) is 0.630. The van der Waals surface area contributed by atoms with Crippen LogP contribution >= 0.6 is 11.6 Å². The summed E-state index contributed by atoms with van der Waals surface area (Å²) >= 11 is 5.60. The van der Waals surface area contributed by atoms with Crippen molar-refractivity contribution in [2.24, 2.45) is 0 Å². The Morgan fingerprint density at radius 3 is 3.10 bits per heavy atom. The van der Waals surface area contributed by atoms with Gasteiger partial charge in [0.1, 0.15) is 0 Å². The van der Waals surface area contributed by atoms with Crippen LogP contribution in [0.15, 0.2) is 24.3 Å². The number of hydrogen-bond acceptors (Lipinski definition) is 1. The Kier molecular flexibility index (Phi) is 1.18. The van der Waals surface area contributed by atoms with Crippen LogP contribution in [0.4, 0.5) is 0 Å². The average Bonchev–Trinajstić information content (AvgIpc) is 2.01. The standard InChI is InChI=1S/C8H7ClO/c1-6(10)7-3-2-4-8(9)5-7/h2-5H,1H3/i1D3. The highest BCUT2D eigenvalue weighted by Crippen LogP contribution is 2.10. The van der Waals surface area contributed by atoms with Gasteiger partial charge in [0.15, 0.2) is 5.78 Å². The monoisotopic (exact) mass is 157 g/mol. The number of Topliss-reactive ketones (excluding diaryl/α,β-unsaturated/α-hetero) is 1. The molecule has 0 aliphatic rings. The fraction of sp³-hybridized carbons (Fsp3) is 0.125. The molecule has 0 spiro atoms. The van der Waals surface area contributed by atoms with Gasteiger partial charge in [0.25, 0.3) is 0 Å². The first-order chi connectivity index (χ1) is 5.91. The van der Waals surface area contributed by atoms with Crippen molar-refractivity contribution in [2.75, 3.05) is 0 Å². The predicted octanol–water partition coefficient (Wildman–Crippen LogP) is 2.54. The highest BCUT2D eigenvalue weighted by atomic mass is 35.5. The van der Waals surface area contributed by atoms with Crippen molar-refractivity contribution >= 4 is 17.4 Å². The van der Waals surface area contributed by atoms with Crippen LogP contribution in [0.5, 0.6) is 0 Å². The van der Waals surface area contributed by atoms with Crippen LogP contribution < -0.4 is 0 Å². The molecule has 0 radical (unpaired) electrons. The van der Waals surface area contributed by atoms with Crippen LogP contribution in [0.3, 0.4) is 0 Å². The third-order valence-corrected chi connectivity index (χ3v) is 1.32. The van der Waals surface area contributed by atoms with Crippen molar-refractivity contribution < 1.29 is 8.91 Å². The Balaban J connectivity index is 3.03. The Hall–Kier alpha value is -0.820. The number of ketones is 1. The van der Waals surface area contributed by atoms with Crippen molar-refractivity contribution in [3.8, 4) is 0 Å². The minimum Gasteiger partial charge on any atom is -0.295 e. The van der Waals surface area contributed by atoms with E-state index in [9.17, 15) is 4.79 Å². The van der Waals surface area contributed by atoms with Gasteiger partial charge in [0, 0.05) is 14.7 Å². The Labute approximate surface area is 68.8 Å². The van der Waals surface area contributed by atoms with Crippen molar-refractivity contribution in [3.63, 3.8) is 0 Å². The van der Waals surface area contributed by atoms with Gasteiger partial charge in [-0.25, -0.2) is 0 Å². The molecule has 0 aliphatic carbocycles. The van der Waals surface area contributed by atoms with E-state index in [1.54, 1.807) is 12.1 Å². The highest BCUT2D eigenvalue weighted by molar-refractivity contribution is 6.30. The topological polar surface area (TPSA) is 17.1 Å². The first kappa shape index (κ1) is 4.14. The lowest BCUT2D eigenvalue weighted by Gasteiger charge is -1.93. The van der Waals surface area contributed by atoms with Crippen molar-refractivity contribution in [1.29, 1.82) is 0 Å². The molecule has 0 saturated carbocycles. The van der Waals surface area contributed by atoms with Crippen molar-refractivity contribution in [3.05, 3.63) is 34.9 Å². The van der Waals surface area contributed by atoms with Crippen LogP contribution in [0.2, 0.25) is 5.02 Å². The van der Waals surface area contributed by atoms with Gasteiger partial charge in [0.2, 0.25) is 0 Å². The molecule has 0 amide bonds. The van der Waals surface area contributed by atoms with Gasteiger partial charge in [0.05, 0.1) is 0 Å². The molecule has 0 fully saturated rings. The summed E-state index contributed by atoms with van der Waals surface area (Å²) in [5.41, 5.74) is 0.118. The zero-order valence-corrected chi connectivity index (χ0v) is 5.85. The molecule has 1 aromatic carbocycles. The summed E-state index contributed by atoms with van der Waals surface area (Å²) in [4.78, 5) is 11.2. The molecule has 0 unspecified atom stereocenters. The normalized spacial score (nSPS) is 15.1. The maximum atomic E-state index is 11.2. The molecule has 0 bridgehead atoms. The molecule has 52 valence electrons. The first-order valence-corrected chi connectivity index (χ1v) is 3.09. The number of halogens is 1. The zero-order valence-electron chi connectivity index (χ0n) is 8.10. The lowest BCUT2D eigenvalue weighted by atomic mass is 10.2. The van der Waals surface area contributed by atoms with E-state index in [0.717, 1.165) is 0 Å². The minimum atomic E-state index is -2.59. The molecule has 0 heterocycles. The third-order valence-electron chi connectivity index (χ3n) is 1.09. The summed E-state index contributed by atoms with van der Waals surface area (Å²) in [7, 11) is 0. The van der Waals surface area contributed by atoms with Gasteiger partial charge in [-0.3, -0.25) is 4.79 Å². The van der Waals surface area contributed by atoms with Gasteiger partial charge in [-0.2, -0.15) is 0 Å². The predicted molar refractivity (Wildman–Crippen MR) is 41.5 cm³/mol. The summed E-state index contributed by atoms with van der Waals surface area (Å²) in [6.07, 6.45) is 0. The number of benzene rings is 1. The molecule has 1 aromatic rings. The lowest BCUT2D eigenvalue weighted by molar-refractivity contribution is 0.101. The van der Waals surface area contributed by atoms with Gasteiger partial charge >= 0.3 is 0 Å². The smallest absolute Gasteiger partial charge is 0.159 e. The van der Waals surface area contributed by atoms with Crippen LogP contribution in [0.1, 0.15) is 21.3 Å². The minimum absolute atomic E-state index is 0.118. The van der Waals surface area contributed by atoms with E-state index in [0.29, 0.717) is 5.02 Å². The molecular formula is C8H7ClO. The van der Waals surface area contributed by atoms with Gasteiger partial charge in [-0.15, -0.1) is 0 Å². The second kappa shape index (κ2) is 2.84. The Bertz CT molecular complexity index is 332. The second-order valence-electron chi connectivity index (χ2n) is 1.84. The van der Waals surface area contributed by atoms with Crippen LogP contribution in [-0.4, -0.2) is 5.78 Å². The van der Waals surface area contributed by atoms with Crippen LogP contribution in [0.25, 0.3) is 0 Å². The quantitative estimate of drug-likeness (QED) is 0.573. The van der Waals surface area contributed by atoms with E-state index in [2.05, 4.69) is 0 Å². The molecule has 0 N–H and O–H groups in total. The average molecular weight is 158 g/mol. The summed E-state index contributed by atoms with van der Waals surface area (Å²) in [5, 5.41) is 0.357. The fourth-order valence-corrected chi connectivity index (χ4v) is 0.820. The lowest BCUT2D eigenvalue weighted by Crippen LogP contribution is -1.89. The first-order valence-electron chi connectivity index (χ1n) is 4.21. The van der Waals surface area contributed by atoms with Crippen LogP contribution in [0, 0.1) is 0 Å². The number of hydrogen-bond donors (Lipinski definition) is 0. The third kappa shape index (κ3) is 1.58. The maximum absolute atomic E-state index is 11.2. The number of carbonyl (C=O) groups excluding carboxylic acids is 1. The van der Waals surface area contributed by atoms with E-state index < -0.39 is 12.6 Å². The van der Waals surface area contributed by atoms with Crippen molar-refractivity contribution in [2.45, 2.75) is 6.85 Å². The highest BCUT2D eigenvalue weighted by Gasteiger charge is 1.96. The Morgan fingerprint density at radius 1 is 1.70 bits per heavy atom. The maximum Gasteiger partial charge on any atom is 0.159 e. The molecule has 0 atom stereocenters. The second-order valence-corrected chi connectivity index (χ2v) is 2.28. The SMILES string of the molecule is [2H]C([2H])([2H])C(=O)c1cccc(Cl)c1. The van der Waals surface area contributed by atoms with Crippen LogP contribution in [-0.2, 0) is 0 Å². The molecule has 1 nitrogen and oxygen atoms in total. The van der Waals surface area contributed by atoms with Crippen molar-refractivity contribution in [1.82, 2.24) is 0 Å². The molecular weight excluding hydrogens is 148 g/mol. The zero-order chi connectivity index (χ0) is 10.1. The molecule has 10 heavy (non-hydrogen) atoms. The van der Waals surface area contributed by atoms with Gasteiger partial charge in [-0.05, 0) is 19.0 Å². The summed E-state index contributed by atoms with van der Waals surface area (Å²) < 4.78 is 20.7. The van der Waals surface area contributed by atoms with E-state index in [4.69, 9.17) is 15.7 Å². The van der Waals surface area contributed by atoms with E-state index >= 15 is 0 Å². The summed E-state index contributed by atoms with van der Waals surface area (Å²) in [6.45, 7) is -2.59. The largest absolute Gasteiger partial charge is 0.295 e. The molecule has 1 rings (SSSR count). The van der Waals surface area contributed by atoms with E-state index in [1.165, 1.54) is 12.1 Å². The molecule has 2 heteroatoms. The number of carbonyl (C=O) groups is 1. The Morgan fingerprint density at radius 2 is 2.50 bits per heavy atom. The number of rotatable bonds is 1.